The van der Waals surface area contributed by atoms with Gasteiger partial charge in [0.15, 0.2) is 30.4 Å². The van der Waals surface area contributed by atoms with E-state index in [1.165, 1.54) is 5.56 Å². The number of hydrogen-bond acceptors (Lipinski definition) is 2. The number of aromatic nitrogens is 1. The van der Waals surface area contributed by atoms with Gasteiger partial charge in [-0.25, -0.2) is 4.57 Å². The van der Waals surface area contributed by atoms with Gasteiger partial charge in [-0.15, -0.1) is 0 Å². The van der Waals surface area contributed by atoms with Gasteiger partial charge in [0.05, 0.1) is 14.2 Å². The number of pyridine rings is 1. The van der Waals surface area contributed by atoms with Gasteiger partial charge in [0, 0.05) is 22.2 Å². The van der Waals surface area contributed by atoms with Crippen molar-refractivity contribution in [3.8, 4) is 11.5 Å². The summed E-state index contributed by atoms with van der Waals surface area (Å²) in [7, 11) is 3.28. The van der Waals surface area contributed by atoms with Crippen molar-refractivity contribution in [2.45, 2.75) is 13.5 Å². The first-order valence-electron chi connectivity index (χ1n) is 6.00. The Kier molecular flexibility index (Phi) is 4.43. The van der Waals surface area contributed by atoms with Crippen LogP contribution >= 0.6 is 15.9 Å². The topological polar surface area (TPSA) is 22.3 Å². The fourth-order valence-corrected chi connectivity index (χ4v) is 2.30. The Morgan fingerprint density at radius 1 is 1.05 bits per heavy atom. The highest BCUT2D eigenvalue weighted by molar-refractivity contribution is 9.10. The summed E-state index contributed by atoms with van der Waals surface area (Å²) in [4.78, 5) is 0. The van der Waals surface area contributed by atoms with Crippen molar-refractivity contribution >= 4 is 15.9 Å². The third-order valence-electron chi connectivity index (χ3n) is 2.96. The van der Waals surface area contributed by atoms with Gasteiger partial charge < -0.3 is 9.47 Å². The second-order valence-electron chi connectivity index (χ2n) is 4.35. The Bertz CT molecular complexity index is 567. The molecule has 0 saturated carbocycles. The summed E-state index contributed by atoms with van der Waals surface area (Å²) in [6.45, 7) is 2.86. The zero-order valence-electron chi connectivity index (χ0n) is 11.3. The molecule has 3 nitrogen and oxygen atoms in total. The number of halogens is 1. The minimum atomic E-state index is 0.729. The summed E-state index contributed by atoms with van der Waals surface area (Å²) < 4.78 is 13.7. The van der Waals surface area contributed by atoms with Gasteiger partial charge >= 0.3 is 0 Å². The molecule has 0 aliphatic rings. The molecule has 0 radical (unpaired) electrons. The van der Waals surface area contributed by atoms with Gasteiger partial charge in [0.1, 0.15) is 0 Å². The average Bonchev–Trinajstić information content (AvgIpc) is 2.43. The molecule has 1 heterocycles. The van der Waals surface area contributed by atoms with Crippen LogP contribution in [0.25, 0.3) is 0 Å². The highest BCUT2D eigenvalue weighted by Crippen LogP contribution is 2.33. The van der Waals surface area contributed by atoms with E-state index in [1.54, 1.807) is 14.2 Å². The highest BCUT2D eigenvalue weighted by Gasteiger charge is 2.12. The van der Waals surface area contributed by atoms with E-state index in [4.69, 9.17) is 9.47 Å². The maximum absolute atomic E-state index is 5.33. The first-order valence-corrected chi connectivity index (χ1v) is 6.79. The second kappa shape index (κ2) is 6.06. The molecule has 19 heavy (non-hydrogen) atoms. The van der Waals surface area contributed by atoms with E-state index in [9.17, 15) is 0 Å². The van der Waals surface area contributed by atoms with Crippen LogP contribution < -0.4 is 14.0 Å². The van der Waals surface area contributed by atoms with E-state index in [-0.39, 0.29) is 0 Å². The lowest BCUT2D eigenvalue weighted by Crippen LogP contribution is -2.33. The number of rotatable bonds is 4. The molecule has 1 aromatic carbocycles. The Hall–Kier alpha value is -1.55. The van der Waals surface area contributed by atoms with Crippen molar-refractivity contribution in [3.63, 3.8) is 0 Å². The summed E-state index contributed by atoms with van der Waals surface area (Å²) in [5.74, 6) is 1.47. The Labute approximate surface area is 121 Å². The van der Waals surface area contributed by atoms with Gasteiger partial charge in [-0.1, -0.05) is 15.9 Å². The number of benzene rings is 1. The lowest BCUT2D eigenvalue weighted by Gasteiger charge is -2.10. The third-order valence-corrected chi connectivity index (χ3v) is 3.70. The van der Waals surface area contributed by atoms with Crippen molar-refractivity contribution in [1.29, 1.82) is 0 Å². The van der Waals surface area contributed by atoms with Crippen LogP contribution in [0.1, 0.15) is 11.1 Å². The summed E-state index contributed by atoms with van der Waals surface area (Å²) in [6.07, 6.45) is 4.14. The van der Waals surface area contributed by atoms with E-state index >= 15 is 0 Å². The molecular formula is C15H17BrNO2+. The predicted octanol–water partition coefficient (Wildman–Crippen LogP) is 3.11. The molecule has 0 N–H and O–H groups in total. The van der Waals surface area contributed by atoms with Crippen LogP contribution in [0.15, 0.2) is 41.1 Å². The molecule has 0 aliphatic carbocycles. The lowest BCUT2D eigenvalue weighted by molar-refractivity contribution is -0.688. The molecule has 0 spiro atoms. The molecule has 2 rings (SSSR count). The molecule has 0 saturated heterocycles. The van der Waals surface area contributed by atoms with Gasteiger partial charge in [-0.3, -0.25) is 0 Å². The average molecular weight is 323 g/mol. The van der Waals surface area contributed by atoms with Crippen molar-refractivity contribution in [2.75, 3.05) is 14.2 Å². The molecule has 2 aromatic rings. The maximum atomic E-state index is 5.33. The van der Waals surface area contributed by atoms with Crippen molar-refractivity contribution in [3.05, 3.63) is 52.3 Å². The number of hydrogen-bond donors (Lipinski definition) is 0. The smallest absolute Gasteiger partial charge is 0.175 e. The van der Waals surface area contributed by atoms with Crippen molar-refractivity contribution in [2.24, 2.45) is 0 Å². The predicted molar refractivity (Wildman–Crippen MR) is 77.7 cm³/mol. The molecule has 0 aliphatic heterocycles. The SMILES string of the molecule is COc1cc(Br)c(C[n+]2ccc(C)cc2)cc1OC. The van der Waals surface area contributed by atoms with Gasteiger partial charge in [-0.05, 0) is 24.6 Å². The largest absolute Gasteiger partial charge is 0.493 e. The summed E-state index contributed by atoms with van der Waals surface area (Å²) in [5.41, 5.74) is 2.40. The Morgan fingerprint density at radius 2 is 1.63 bits per heavy atom. The van der Waals surface area contributed by atoms with E-state index in [0.717, 1.165) is 28.1 Å². The number of ether oxygens (including phenoxy) is 2. The first-order chi connectivity index (χ1) is 9.13. The minimum absolute atomic E-state index is 0.729. The lowest BCUT2D eigenvalue weighted by atomic mass is 10.2. The van der Waals surface area contributed by atoms with Crippen LogP contribution in [-0.4, -0.2) is 14.2 Å². The molecule has 4 heteroatoms. The number of aryl methyl sites for hydroxylation is 1. The van der Waals surface area contributed by atoms with Crippen LogP contribution in [0.5, 0.6) is 11.5 Å². The zero-order chi connectivity index (χ0) is 13.8. The summed E-state index contributed by atoms with van der Waals surface area (Å²) in [5, 5.41) is 0. The van der Waals surface area contributed by atoms with Gasteiger partial charge in [0.2, 0.25) is 0 Å². The second-order valence-corrected chi connectivity index (χ2v) is 5.20. The fourth-order valence-electron chi connectivity index (χ4n) is 1.85. The molecule has 0 amide bonds. The minimum Gasteiger partial charge on any atom is -0.493 e. The van der Waals surface area contributed by atoms with Crippen molar-refractivity contribution in [1.82, 2.24) is 0 Å². The van der Waals surface area contributed by atoms with E-state index in [1.807, 2.05) is 12.1 Å². The first kappa shape index (κ1) is 13.9. The fraction of sp³-hybridized carbons (Fsp3) is 0.267. The normalized spacial score (nSPS) is 10.3. The van der Waals surface area contributed by atoms with E-state index < -0.39 is 0 Å². The molecular weight excluding hydrogens is 306 g/mol. The molecule has 0 atom stereocenters. The highest BCUT2D eigenvalue weighted by atomic mass is 79.9. The zero-order valence-corrected chi connectivity index (χ0v) is 12.9. The monoisotopic (exact) mass is 322 g/mol. The van der Waals surface area contributed by atoms with Crippen LogP contribution in [0.4, 0.5) is 0 Å². The molecule has 0 fully saturated rings. The summed E-state index contributed by atoms with van der Waals surface area (Å²) >= 11 is 3.57. The molecule has 0 unspecified atom stereocenters. The number of methoxy groups -OCH3 is 2. The van der Waals surface area contributed by atoms with E-state index in [2.05, 4.69) is 51.9 Å². The maximum Gasteiger partial charge on any atom is 0.175 e. The van der Waals surface area contributed by atoms with Gasteiger partial charge in [0.25, 0.3) is 0 Å². The molecule has 100 valence electrons. The van der Waals surface area contributed by atoms with Crippen LogP contribution in [-0.2, 0) is 6.54 Å². The van der Waals surface area contributed by atoms with Crippen LogP contribution in [0, 0.1) is 6.92 Å². The third kappa shape index (κ3) is 3.26. The molecule has 0 bridgehead atoms. The van der Waals surface area contributed by atoms with Crippen LogP contribution in [0.2, 0.25) is 0 Å². The van der Waals surface area contributed by atoms with Crippen molar-refractivity contribution < 1.29 is 14.0 Å². The Balaban J connectivity index is 2.32. The Morgan fingerprint density at radius 3 is 2.21 bits per heavy atom. The molecule has 1 aromatic heterocycles. The summed E-state index contributed by atoms with van der Waals surface area (Å²) in [6, 6.07) is 8.11. The number of nitrogens with zero attached hydrogens (tertiary/aromatic N) is 1. The van der Waals surface area contributed by atoms with Crippen LogP contribution in [0.3, 0.4) is 0 Å². The quantitative estimate of drug-likeness (QED) is 0.807. The van der Waals surface area contributed by atoms with Gasteiger partial charge in [-0.2, -0.15) is 0 Å². The van der Waals surface area contributed by atoms with E-state index in [0.29, 0.717) is 0 Å². The standard InChI is InChI=1S/C15H17BrNO2/c1-11-4-6-17(7-5-11)10-12-8-14(18-2)15(19-3)9-13(12)16/h4-9H,10H2,1-3H3/q+1.